The highest BCUT2D eigenvalue weighted by molar-refractivity contribution is 7.27. The van der Waals surface area contributed by atoms with E-state index in [4.69, 9.17) is 0 Å². The summed E-state index contributed by atoms with van der Waals surface area (Å²) >= 11 is 0. The van der Waals surface area contributed by atoms with Crippen LogP contribution in [0.25, 0.3) is 0 Å². The number of hydrogen-bond donors (Lipinski definition) is 0. The molecule has 0 radical (unpaired) electrons. The number of hydrogen-bond acceptors (Lipinski definition) is 0. The van der Waals surface area contributed by atoms with Crippen molar-refractivity contribution in [1.29, 1.82) is 0 Å². The predicted octanol–water partition coefficient (Wildman–Crippen LogP) is -0.0911. The Kier molecular flexibility index (Phi) is 4.21. The molecule has 0 heterocycles. The molecule has 0 spiro atoms. The lowest BCUT2D eigenvalue weighted by Gasteiger charge is -2.10. The largest absolute Gasteiger partial charge is 0.115 e. The second-order valence-electron chi connectivity index (χ2n) is 3.71. The average molecular weight is 170 g/mol. The minimum absolute atomic E-state index is 1.23. The van der Waals surface area contributed by atoms with Crippen LogP contribution in [0.3, 0.4) is 0 Å². The first-order valence-electron chi connectivity index (χ1n) is 5.37. The molecule has 0 aliphatic carbocycles. The van der Waals surface area contributed by atoms with Crippen LogP contribution in [0.5, 0.6) is 0 Å². The average Bonchev–Trinajstić information content (AvgIpc) is 2.11. The van der Waals surface area contributed by atoms with Crippen LogP contribution in [-0.4, -0.2) is 22.0 Å². The van der Waals surface area contributed by atoms with Crippen molar-refractivity contribution in [3.05, 3.63) is 29.3 Å². The van der Waals surface area contributed by atoms with Gasteiger partial charge in [-0.2, -0.15) is 0 Å². The summed E-state index contributed by atoms with van der Waals surface area (Å²) in [5.74, 6) is 0. The summed E-state index contributed by atoms with van der Waals surface area (Å²) < 4.78 is 0. The molecule has 0 nitrogen and oxygen atoms in total. The molecule has 66 valence electrons. The zero-order valence-electron chi connectivity index (χ0n) is 9.06. The maximum absolute atomic E-state index is 2.28. The summed E-state index contributed by atoms with van der Waals surface area (Å²) in [7, 11) is 4.73. The second kappa shape index (κ2) is 5.21. The van der Waals surface area contributed by atoms with Crippen LogP contribution in [-0.2, 0) is 6.42 Å². The van der Waals surface area contributed by atoms with Gasteiger partial charge in [-0.1, -0.05) is 42.6 Å². The minimum atomic E-state index is 1.23. The number of aryl methyl sites for hydroxylation is 1. The molecule has 3 heteroatoms. The molecule has 0 saturated carbocycles. The molecule has 1 rings (SSSR count). The van der Waals surface area contributed by atoms with Crippen LogP contribution in [0.1, 0.15) is 24.5 Å². The minimum Gasteiger partial charge on any atom is -0.0904 e. The van der Waals surface area contributed by atoms with E-state index in [0.717, 1.165) is 0 Å². The molecule has 0 aliphatic heterocycles. The smallest absolute Gasteiger partial charge is 0.0904 e. The van der Waals surface area contributed by atoms with Gasteiger partial charge in [-0.25, -0.2) is 0 Å². The number of benzene rings is 1. The summed E-state index contributed by atoms with van der Waals surface area (Å²) in [6, 6.07) is 6.69. The van der Waals surface area contributed by atoms with E-state index in [-0.39, 0.29) is 0 Å². The van der Waals surface area contributed by atoms with Crippen molar-refractivity contribution in [3.8, 4) is 0 Å². The van der Waals surface area contributed by atoms with Crippen molar-refractivity contribution in [3.63, 3.8) is 0 Å². The Morgan fingerprint density at radius 3 is 2.77 bits per heavy atom. The van der Waals surface area contributed by atoms with Gasteiger partial charge < -0.3 is 0 Å². The quantitative estimate of drug-likeness (QED) is 0.553. The second-order valence-corrected chi connectivity index (χ2v) is 3.71. The zero-order valence-corrected chi connectivity index (χ0v) is 9.06. The molecule has 0 fully saturated rings. The zero-order chi connectivity index (χ0) is 9.68. The van der Waals surface area contributed by atoms with E-state index in [1.165, 1.54) is 32.6 Å². The summed E-state index contributed by atoms with van der Waals surface area (Å²) in [6.07, 6.45) is 2.49. The predicted molar refractivity (Wildman–Crippen MR) is 67.7 cm³/mol. The molecule has 1 aromatic carbocycles. The molecule has 0 unspecified atom stereocenters. The van der Waals surface area contributed by atoms with E-state index in [9.17, 15) is 0 Å². The van der Waals surface area contributed by atoms with Gasteiger partial charge in [0.1, 0.15) is 7.17 Å². The van der Waals surface area contributed by atoms with Crippen LogP contribution in [0.2, 0.25) is 0 Å². The molecule has 1 aromatic rings. The highest BCUT2D eigenvalue weighted by Gasteiger charge is 2.03. The van der Waals surface area contributed by atoms with E-state index < -0.39 is 0 Å². The molecule has 0 aliphatic rings. The maximum Gasteiger partial charge on any atom is 0.115 e. The molecule has 0 aromatic heterocycles. The van der Waals surface area contributed by atoms with E-state index >= 15 is 0 Å². The molecule has 0 atom stereocenters. The van der Waals surface area contributed by atoms with Crippen molar-refractivity contribution >= 4 is 27.4 Å². The summed E-state index contributed by atoms with van der Waals surface area (Å²) in [4.78, 5) is 0. The first-order valence-corrected chi connectivity index (χ1v) is 5.37. The Morgan fingerprint density at radius 1 is 1.38 bits per heavy atom. The van der Waals surface area contributed by atoms with Crippen molar-refractivity contribution in [2.75, 3.05) is 0 Å². The lowest BCUT2D eigenvalue weighted by molar-refractivity contribution is 0.918. The van der Waals surface area contributed by atoms with Crippen molar-refractivity contribution in [2.24, 2.45) is 0 Å². The third-order valence-electron chi connectivity index (χ3n) is 2.53. The van der Waals surface area contributed by atoms with E-state index in [1.807, 2.05) is 0 Å². The molecule has 0 N–H and O–H groups in total. The van der Waals surface area contributed by atoms with Gasteiger partial charge in [-0.3, -0.25) is 0 Å². The van der Waals surface area contributed by atoms with Gasteiger partial charge in [0.05, 0.1) is 14.8 Å². The Hall–Kier alpha value is -0.585. The van der Waals surface area contributed by atoms with Crippen LogP contribution in [0.4, 0.5) is 0 Å². The van der Waals surface area contributed by atoms with Gasteiger partial charge in [0, 0.05) is 0 Å². The van der Waals surface area contributed by atoms with Gasteiger partial charge in [0.25, 0.3) is 0 Å². The van der Waals surface area contributed by atoms with Gasteiger partial charge >= 0.3 is 0 Å². The number of rotatable bonds is 4. The van der Waals surface area contributed by atoms with Gasteiger partial charge in [0.15, 0.2) is 0 Å². The fourth-order valence-electron chi connectivity index (χ4n) is 1.87. The van der Waals surface area contributed by atoms with Crippen molar-refractivity contribution in [1.82, 2.24) is 0 Å². The van der Waals surface area contributed by atoms with Gasteiger partial charge in [-0.05, 0) is 18.9 Å². The molecule has 13 heavy (non-hydrogen) atoms. The highest BCUT2D eigenvalue weighted by Crippen LogP contribution is 2.06. The van der Waals surface area contributed by atoms with Crippen LogP contribution in [0, 0.1) is 6.92 Å². The summed E-state index contributed by atoms with van der Waals surface area (Å²) in [6.45, 7) is 4.48. The lowest BCUT2D eigenvalue weighted by Crippen LogP contribution is -2.25. The molecule has 0 amide bonds. The normalized spacial score (nSPS) is 9.69. The van der Waals surface area contributed by atoms with Crippen LogP contribution < -0.4 is 5.46 Å². The molecule has 0 saturated heterocycles. The first kappa shape index (κ1) is 10.5. The third kappa shape index (κ3) is 2.68. The lowest BCUT2D eigenvalue weighted by atomic mass is 9.26. The van der Waals surface area contributed by atoms with Crippen LogP contribution >= 0.6 is 0 Å². The third-order valence-corrected chi connectivity index (χ3v) is 2.53. The summed E-state index contributed by atoms with van der Waals surface area (Å²) in [5, 5.41) is 0. The molecule has 0 bridgehead atoms. The Balaban J connectivity index is 2.95. The topological polar surface area (TPSA) is 0 Å². The van der Waals surface area contributed by atoms with Crippen molar-refractivity contribution in [2.45, 2.75) is 26.7 Å². The van der Waals surface area contributed by atoms with Crippen LogP contribution in [0.15, 0.2) is 18.2 Å². The van der Waals surface area contributed by atoms with Gasteiger partial charge in [-0.15, -0.1) is 0 Å². The van der Waals surface area contributed by atoms with Gasteiger partial charge in [0.2, 0.25) is 0 Å². The Bertz CT molecular complexity index is 271. The fraction of sp³-hybridized carbons (Fsp3) is 0.400. The Morgan fingerprint density at radius 2 is 2.15 bits per heavy atom. The Labute approximate surface area is 84.0 Å². The maximum atomic E-state index is 2.28. The standard InChI is InChI=1S/C10H17B3/c1-3-5-9-8(2)6-4-7-10(9)12-13-11/h4,6-7,12-13H,3,5,11H2,1-2H3. The first-order chi connectivity index (χ1) is 6.29. The van der Waals surface area contributed by atoms with E-state index in [0.29, 0.717) is 0 Å². The van der Waals surface area contributed by atoms with E-state index in [1.54, 1.807) is 11.0 Å². The highest BCUT2D eigenvalue weighted by atomic mass is 14.0. The molecular weight excluding hydrogens is 153 g/mol. The summed E-state index contributed by atoms with van der Waals surface area (Å²) in [5.41, 5.74) is 4.61. The SMILES string of the molecule is BBBc1cccc(C)c1CCC. The monoisotopic (exact) mass is 170 g/mol. The van der Waals surface area contributed by atoms with E-state index in [2.05, 4.69) is 39.8 Å². The molecular formula is C10H17B3. The van der Waals surface area contributed by atoms with Crippen molar-refractivity contribution < 1.29 is 0 Å². The fourth-order valence-corrected chi connectivity index (χ4v) is 1.87.